The van der Waals surface area contributed by atoms with Crippen molar-refractivity contribution in [3.8, 4) is 0 Å². The zero-order chi connectivity index (χ0) is 14.8. The summed E-state index contributed by atoms with van der Waals surface area (Å²) in [4.78, 5) is 11.7. The monoisotopic (exact) mass is 299 g/mol. The first-order valence-electron chi connectivity index (χ1n) is 7.13. The highest BCUT2D eigenvalue weighted by Crippen LogP contribution is 2.34. The van der Waals surface area contributed by atoms with Gasteiger partial charge in [-0.05, 0) is 31.6 Å². The van der Waals surface area contributed by atoms with Gasteiger partial charge in [-0.25, -0.2) is 4.68 Å². The average Bonchev–Trinajstić information content (AvgIpc) is 2.45. The lowest BCUT2D eigenvalue weighted by Gasteiger charge is -2.36. The Hall–Kier alpha value is -1.07. The predicted octanol–water partition coefficient (Wildman–Crippen LogP) is 2.18. The normalized spacial score (nSPS) is 26.5. The van der Waals surface area contributed by atoms with Crippen LogP contribution in [0.1, 0.15) is 39.0 Å². The van der Waals surface area contributed by atoms with Crippen LogP contribution >= 0.6 is 11.6 Å². The van der Waals surface area contributed by atoms with Crippen LogP contribution in [0.4, 0.5) is 5.69 Å². The van der Waals surface area contributed by atoms with Crippen molar-refractivity contribution in [2.75, 3.05) is 11.9 Å². The Bertz CT molecular complexity index is 522. The first kappa shape index (κ1) is 15.3. The number of aliphatic hydroxyl groups is 1. The molecule has 1 saturated carbocycles. The maximum absolute atomic E-state index is 11.7. The van der Waals surface area contributed by atoms with Gasteiger partial charge in [0.25, 0.3) is 5.56 Å². The van der Waals surface area contributed by atoms with E-state index in [0.29, 0.717) is 12.2 Å². The van der Waals surface area contributed by atoms with Gasteiger partial charge in [-0.3, -0.25) is 4.79 Å². The molecule has 0 amide bonds. The van der Waals surface area contributed by atoms with E-state index in [-0.39, 0.29) is 10.6 Å². The molecule has 1 heterocycles. The highest BCUT2D eigenvalue weighted by Gasteiger charge is 2.32. The van der Waals surface area contributed by atoms with Gasteiger partial charge in [0.2, 0.25) is 0 Å². The minimum Gasteiger partial charge on any atom is -0.388 e. The molecule has 2 rings (SSSR count). The lowest BCUT2D eigenvalue weighted by molar-refractivity contribution is 0.00229. The van der Waals surface area contributed by atoms with Gasteiger partial charge >= 0.3 is 0 Å². The van der Waals surface area contributed by atoms with Crippen molar-refractivity contribution in [3.05, 3.63) is 21.6 Å². The Morgan fingerprint density at radius 3 is 2.80 bits per heavy atom. The van der Waals surface area contributed by atoms with Crippen molar-refractivity contribution in [1.82, 2.24) is 9.78 Å². The van der Waals surface area contributed by atoms with Crippen molar-refractivity contribution in [2.45, 2.75) is 44.6 Å². The van der Waals surface area contributed by atoms with E-state index < -0.39 is 5.60 Å². The number of hydrogen-bond acceptors (Lipinski definition) is 4. The first-order chi connectivity index (χ1) is 9.45. The molecule has 2 N–H and O–H groups in total. The fourth-order valence-electron chi connectivity index (χ4n) is 2.69. The van der Waals surface area contributed by atoms with Gasteiger partial charge in [-0.15, -0.1) is 0 Å². The molecule has 6 heteroatoms. The molecule has 20 heavy (non-hydrogen) atoms. The molecule has 0 spiro atoms. The van der Waals surface area contributed by atoms with Crippen LogP contribution in [-0.4, -0.2) is 27.0 Å². The van der Waals surface area contributed by atoms with Crippen molar-refractivity contribution < 1.29 is 5.11 Å². The number of rotatable bonds is 4. The maximum atomic E-state index is 11.7. The van der Waals surface area contributed by atoms with Gasteiger partial charge < -0.3 is 10.4 Å². The summed E-state index contributed by atoms with van der Waals surface area (Å²) in [5.41, 5.74) is -0.560. The van der Waals surface area contributed by atoms with Crippen molar-refractivity contribution >= 4 is 17.3 Å². The molecule has 0 bridgehead atoms. The van der Waals surface area contributed by atoms with Crippen molar-refractivity contribution in [2.24, 2.45) is 13.0 Å². The molecule has 1 aromatic rings. The molecular weight excluding hydrogens is 278 g/mol. The van der Waals surface area contributed by atoms with Crippen molar-refractivity contribution in [3.63, 3.8) is 0 Å². The second-order valence-electron chi connectivity index (χ2n) is 5.73. The summed E-state index contributed by atoms with van der Waals surface area (Å²) in [6, 6.07) is 0. The molecule has 0 radical (unpaired) electrons. The van der Waals surface area contributed by atoms with Crippen LogP contribution in [0.5, 0.6) is 0 Å². The van der Waals surface area contributed by atoms with E-state index in [4.69, 9.17) is 11.6 Å². The fraction of sp³-hybridized carbons (Fsp3) is 0.714. The standard InChI is InChI=1S/C14H22ClN3O2/c1-3-10-4-6-14(20,7-5-10)9-16-11-8-17-18(2)13(19)12(11)15/h8,10,16,20H,3-7,9H2,1-2H3. The quantitative estimate of drug-likeness (QED) is 0.894. The summed E-state index contributed by atoms with van der Waals surface area (Å²) in [5, 5.41) is 17.7. The third-order valence-corrected chi connectivity index (χ3v) is 4.66. The van der Waals surface area contributed by atoms with E-state index in [2.05, 4.69) is 17.3 Å². The summed E-state index contributed by atoms with van der Waals surface area (Å²) in [7, 11) is 1.55. The van der Waals surface area contributed by atoms with Crippen molar-refractivity contribution in [1.29, 1.82) is 0 Å². The fourth-order valence-corrected chi connectivity index (χ4v) is 2.93. The van der Waals surface area contributed by atoms with E-state index in [0.717, 1.165) is 31.6 Å². The number of aromatic nitrogens is 2. The first-order valence-corrected chi connectivity index (χ1v) is 7.51. The largest absolute Gasteiger partial charge is 0.388 e. The second-order valence-corrected chi connectivity index (χ2v) is 6.11. The van der Waals surface area contributed by atoms with E-state index in [1.165, 1.54) is 17.3 Å². The predicted molar refractivity (Wildman–Crippen MR) is 80.2 cm³/mol. The minimum absolute atomic E-state index is 0.119. The SMILES string of the molecule is CCC1CCC(O)(CNc2cnn(C)c(=O)c2Cl)CC1. The Morgan fingerprint density at radius 2 is 2.20 bits per heavy atom. The van der Waals surface area contributed by atoms with E-state index in [1.807, 2.05) is 0 Å². The van der Waals surface area contributed by atoms with Gasteiger partial charge in [-0.1, -0.05) is 24.9 Å². The van der Waals surface area contributed by atoms with E-state index in [9.17, 15) is 9.90 Å². The van der Waals surface area contributed by atoms with E-state index >= 15 is 0 Å². The molecule has 0 saturated heterocycles. The smallest absolute Gasteiger partial charge is 0.287 e. The third-order valence-electron chi connectivity index (χ3n) is 4.30. The molecule has 1 aliphatic rings. The topological polar surface area (TPSA) is 67.2 Å². The summed E-state index contributed by atoms with van der Waals surface area (Å²) >= 11 is 5.99. The van der Waals surface area contributed by atoms with Crippen LogP contribution in [0, 0.1) is 5.92 Å². The van der Waals surface area contributed by atoms with Crippen LogP contribution < -0.4 is 10.9 Å². The molecule has 0 atom stereocenters. The number of halogens is 1. The minimum atomic E-state index is -0.712. The second kappa shape index (κ2) is 6.14. The summed E-state index contributed by atoms with van der Waals surface area (Å²) in [6.07, 6.45) is 6.37. The molecule has 1 aliphatic carbocycles. The lowest BCUT2D eigenvalue weighted by atomic mass is 9.78. The number of anilines is 1. The van der Waals surface area contributed by atoms with Crippen LogP contribution in [0.2, 0.25) is 5.02 Å². The molecular formula is C14H22ClN3O2. The molecule has 0 aliphatic heterocycles. The number of nitrogens with zero attached hydrogens (tertiary/aromatic N) is 2. The Morgan fingerprint density at radius 1 is 1.55 bits per heavy atom. The number of nitrogens with one attached hydrogen (secondary N) is 1. The van der Waals surface area contributed by atoms with Gasteiger partial charge in [-0.2, -0.15) is 5.10 Å². The molecule has 1 aromatic heterocycles. The Balaban J connectivity index is 1.99. The van der Waals surface area contributed by atoms with Gasteiger partial charge in [0.1, 0.15) is 5.02 Å². The van der Waals surface area contributed by atoms with Gasteiger partial charge in [0.05, 0.1) is 17.5 Å². The number of aryl methyl sites for hydroxylation is 1. The molecule has 5 nitrogen and oxygen atoms in total. The van der Waals surface area contributed by atoms with E-state index in [1.54, 1.807) is 7.05 Å². The highest BCUT2D eigenvalue weighted by atomic mass is 35.5. The zero-order valence-corrected chi connectivity index (χ0v) is 12.8. The van der Waals surface area contributed by atoms with Gasteiger partial charge in [0, 0.05) is 13.6 Å². The highest BCUT2D eigenvalue weighted by molar-refractivity contribution is 6.32. The van der Waals surface area contributed by atoms with Crippen LogP contribution in [-0.2, 0) is 7.05 Å². The summed E-state index contributed by atoms with van der Waals surface area (Å²) in [5.74, 6) is 0.726. The summed E-state index contributed by atoms with van der Waals surface area (Å²) < 4.78 is 1.19. The molecule has 0 unspecified atom stereocenters. The number of hydrogen-bond donors (Lipinski definition) is 2. The average molecular weight is 300 g/mol. The molecule has 0 aromatic carbocycles. The lowest BCUT2D eigenvalue weighted by Crippen LogP contribution is -2.40. The Labute approximate surface area is 124 Å². The van der Waals surface area contributed by atoms with Gasteiger partial charge in [0.15, 0.2) is 0 Å². The third kappa shape index (κ3) is 3.33. The zero-order valence-electron chi connectivity index (χ0n) is 12.0. The van der Waals surface area contributed by atoms with Crippen LogP contribution in [0.3, 0.4) is 0 Å². The van der Waals surface area contributed by atoms with Crippen LogP contribution in [0.15, 0.2) is 11.0 Å². The molecule has 112 valence electrons. The summed E-state index contributed by atoms with van der Waals surface area (Å²) in [6.45, 7) is 2.59. The Kier molecular flexibility index (Phi) is 4.70. The molecule has 1 fully saturated rings. The maximum Gasteiger partial charge on any atom is 0.287 e. The van der Waals surface area contributed by atoms with Crippen LogP contribution in [0.25, 0.3) is 0 Å².